The molecule has 3 N–H and O–H groups in total. The molecule has 0 atom stereocenters. The van der Waals surface area contributed by atoms with Crippen LogP contribution in [0.2, 0.25) is 0 Å². The number of nitro benzene ring substituents is 1. The summed E-state index contributed by atoms with van der Waals surface area (Å²) in [5, 5.41) is 16.2. The van der Waals surface area contributed by atoms with Crippen molar-refractivity contribution in [2.75, 3.05) is 26.2 Å². The quantitative estimate of drug-likeness (QED) is 0.300. The minimum Gasteiger partial charge on any atom is -0.354 e. The van der Waals surface area contributed by atoms with E-state index in [2.05, 4.69) is 15.4 Å². The first kappa shape index (κ1) is 21.3. The van der Waals surface area contributed by atoms with E-state index in [9.17, 15) is 23.3 Å². The molecular formula is C14H21ClN4O5S. The third-order valence-corrected chi connectivity index (χ3v) is 4.99. The number of carbonyl (C=O) groups excluding carboxylic acids is 1. The van der Waals surface area contributed by atoms with Crippen LogP contribution in [-0.4, -0.2) is 45.4 Å². The highest BCUT2D eigenvalue weighted by Crippen LogP contribution is 2.27. The summed E-state index contributed by atoms with van der Waals surface area (Å²) in [4.78, 5) is 21.4. The lowest BCUT2D eigenvalue weighted by Crippen LogP contribution is -2.39. The Morgan fingerprint density at radius 3 is 2.40 bits per heavy atom. The molecule has 0 radical (unpaired) electrons. The fourth-order valence-electron chi connectivity index (χ4n) is 1.99. The van der Waals surface area contributed by atoms with E-state index in [1.54, 1.807) is 0 Å². The highest BCUT2D eigenvalue weighted by Gasteiger charge is 2.20. The molecule has 9 nitrogen and oxygen atoms in total. The Morgan fingerprint density at radius 2 is 1.84 bits per heavy atom. The zero-order valence-corrected chi connectivity index (χ0v) is 15.1. The van der Waals surface area contributed by atoms with Gasteiger partial charge in [-0.1, -0.05) is 0 Å². The number of carbonyl (C=O) groups is 1. The Bertz CT molecular complexity index is 692. The predicted molar refractivity (Wildman–Crippen MR) is 94.1 cm³/mol. The van der Waals surface area contributed by atoms with Gasteiger partial charge in [-0.05, 0) is 37.4 Å². The average Bonchev–Trinajstić information content (AvgIpc) is 3.36. The van der Waals surface area contributed by atoms with E-state index in [0.717, 1.165) is 18.7 Å². The van der Waals surface area contributed by atoms with Gasteiger partial charge in [0.1, 0.15) is 0 Å². The van der Waals surface area contributed by atoms with Crippen molar-refractivity contribution in [1.29, 1.82) is 0 Å². The fourth-order valence-corrected chi connectivity index (χ4v) is 3.02. The van der Waals surface area contributed by atoms with Gasteiger partial charge in [0.05, 0.1) is 16.4 Å². The maximum absolute atomic E-state index is 12.0. The van der Waals surface area contributed by atoms with E-state index >= 15 is 0 Å². The van der Waals surface area contributed by atoms with Crippen LogP contribution in [0, 0.1) is 16.0 Å². The molecule has 1 fully saturated rings. The zero-order valence-electron chi connectivity index (χ0n) is 13.4. The number of sulfonamides is 1. The van der Waals surface area contributed by atoms with Crippen LogP contribution < -0.4 is 15.4 Å². The van der Waals surface area contributed by atoms with Crippen molar-refractivity contribution >= 4 is 34.0 Å². The van der Waals surface area contributed by atoms with Crippen LogP contribution in [-0.2, 0) is 14.8 Å². The number of halogens is 1. The number of hydrogen-bond donors (Lipinski definition) is 3. The van der Waals surface area contributed by atoms with E-state index in [4.69, 9.17) is 0 Å². The minimum absolute atomic E-state index is 0. The second-order valence-corrected chi connectivity index (χ2v) is 7.34. The van der Waals surface area contributed by atoms with Crippen molar-refractivity contribution in [2.24, 2.45) is 5.92 Å². The van der Waals surface area contributed by atoms with Gasteiger partial charge in [0.25, 0.3) is 5.69 Å². The molecule has 25 heavy (non-hydrogen) atoms. The fraction of sp³-hybridized carbons (Fsp3) is 0.500. The number of nitrogens with one attached hydrogen (secondary N) is 3. The van der Waals surface area contributed by atoms with Crippen LogP contribution in [0.15, 0.2) is 29.2 Å². The van der Waals surface area contributed by atoms with Gasteiger partial charge in [0, 0.05) is 25.2 Å². The molecule has 140 valence electrons. The van der Waals surface area contributed by atoms with Gasteiger partial charge in [0.2, 0.25) is 15.9 Å². The van der Waals surface area contributed by atoms with Crippen LogP contribution in [0.4, 0.5) is 5.69 Å². The number of benzene rings is 1. The van der Waals surface area contributed by atoms with Crippen LogP contribution in [0.3, 0.4) is 0 Å². The summed E-state index contributed by atoms with van der Waals surface area (Å²) in [5.74, 6) is 0.497. The van der Waals surface area contributed by atoms with E-state index in [-0.39, 0.29) is 48.5 Å². The Morgan fingerprint density at radius 1 is 1.20 bits per heavy atom. The Balaban J connectivity index is 0.00000312. The Hall–Kier alpha value is -1.75. The first-order chi connectivity index (χ1) is 11.4. The molecular weight excluding hydrogens is 372 g/mol. The van der Waals surface area contributed by atoms with E-state index in [1.165, 1.54) is 25.0 Å². The first-order valence-electron chi connectivity index (χ1n) is 7.60. The number of non-ortho nitro benzene ring substituents is 1. The second kappa shape index (κ2) is 9.66. The number of amides is 1. The minimum atomic E-state index is -3.76. The first-order valence-corrected chi connectivity index (χ1v) is 9.08. The molecule has 1 aliphatic rings. The highest BCUT2D eigenvalue weighted by molar-refractivity contribution is 7.89. The van der Waals surface area contributed by atoms with Crippen molar-refractivity contribution in [2.45, 2.75) is 17.7 Å². The van der Waals surface area contributed by atoms with E-state index in [0.29, 0.717) is 5.92 Å². The molecule has 1 amide bonds. The lowest BCUT2D eigenvalue weighted by Gasteiger charge is -2.08. The molecule has 0 unspecified atom stereocenters. The lowest BCUT2D eigenvalue weighted by molar-refractivity contribution is -0.384. The SMILES string of the molecule is Cl.O=C(CNCC1CC1)NCCNS(=O)(=O)c1ccc([N+](=O)[O-])cc1. The van der Waals surface area contributed by atoms with Gasteiger partial charge < -0.3 is 10.6 Å². The molecule has 1 aromatic rings. The van der Waals surface area contributed by atoms with Crippen LogP contribution in [0.5, 0.6) is 0 Å². The molecule has 0 saturated heterocycles. The molecule has 0 bridgehead atoms. The van der Waals surface area contributed by atoms with E-state index < -0.39 is 14.9 Å². The normalized spacial score (nSPS) is 13.8. The molecule has 11 heteroatoms. The third kappa shape index (κ3) is 7.34. The standard InChI is InChI=1S/C14H20N4O5S.ClH/c19-14(10-15-9-11-1-2-11)16-7-8-17-24(22,23)13-5-3-12(4-6-13)18(20)21;/h3-6,11,15,17H,1-2,7-10H2,(H,16,19);1H. The number of nitro groups is 1. The average molecular weight is 393 g/mol. The highest BCUT2D eigenvalue weighted by atomic mass is 35.5. The zero-order chi connectivity index (χ0) is 17.6. The van der Waals surface area contributed by atoms with Crippen LogP contribution >= 0.6 is 12.4 Å². The van der Waals surface area contributed by atoms with Gasteiger partial charge in [-0.2, -0.15) is 0 Å². The Labute approximate surface area is 152 Å². The van der Waals surface area contributed by atoms with Gasteiger partial charge in [0.15, 0.2) is 0 Å². The number of nitrogens with zero attached hydrogens (tertiary/aromatic N) is 1. The predicted octanol–water partition coefficient (Wildman–Crippen LogP) is 0.411. The molecule has 1 saturated carbocycles. The van der Waals surface area contributed by atoms with Crippen molar-refractivity contribution < 1.29 is 18.1 Å². The third-order valence-electron chi connectivity index (χ3n) is 3.51. The topological polar surface area (TPSA) is 130 Å². The van der Waals surface area contributed by atoms with Crippen molar-refractivity contribution in [3.8, 4) is 0 Å². The summed E-state index contributed by atoms with van der Waals surface area (Å²) >= 11 is 0. The van der Waals surface area contributed by atoms with Gasteiger partial charge in [-0.3, -0.25) is 14.9 Å². The van der Waals surface area contributed by atoms with Crippen molar-refractivity contribution in [1.82, 2.24) is 15.4 Å². The van der Waals surface area contributed by atoms with Gasteiger partial charge in [-0.25, -0.2) is 13.1 Å². The van der Waals surface area contributed by atoms with Gasteiger partial charge >= 0.3 is 0 Å². The van der Waals surface area contributed by atoms with Crippen LogP contribution in [0.25, 0.3) is 0 Å². The monoisotopic (exact) mass is 392 g/mol. The molecule has 0 aromatic heterocycles. The molecule has 0 spiro atoms. The van der Waals surface area contributed by atoms with E-state index in [1.807, 2.05) is 0 Å². The summed E-state index contributed by atoms with van der Waals surface area (Å²) in [6, 6.07) is 4.59. The maximum Gasteiger partial charge on any atom is 0.269 e. The summed E-state index contributed by atoms with van der Waals surface area (Å²) in [7, 11) is -3.76. The number of hydrogen-bond acceptors (Lipinski definition) is 6. The molecule has 2 rings (SSSR count). The van der Waals surface area contributed by atoms with Crippen molar-refractivity contribution in [3.63, 3.8) is 0 Å². The van der Waals surface area contributed by atoms with Gasteiger partial charge in [-0.15, -0.1) is 12.4 Å². The molecule has 0 aliphatic heterocycles. The summed E-state index contributed by atoms with van der Waals surface area (Å²) in [6.45, 7) is 1.25. The van der Waals surface area contributed by atoms with Crippen molar-refractivity contribution in [3.05, 3.63) is 34.4 Å². The summed E-state index contributed by atoms with van der Waals surface area (Å²) in [5.41, 5.74) is -0.181. The molecule has 1 aliphatic carbocycles. The Kier molecular flexibility index (Phi) is 8.23. The maximum atomic E-state index is 12.0. The van der Waals surface area contributed by atoms with Crippen LogP contribution in [0.1, 0.15) is 12.8 Å². The second-order valence-electron chi connectivity index (χ2n) is 5.57. The summed E-state index contributed by atoms with van der Waals surface area (Å²) in [6.07, 6.45) is 2.41. The number of rotatable bonds is 10. The smallest absolute Gasteiger partial charge is 0.269 e. The summed E-state index contributed by atoms with van der Waals surface area (Å²) < 4.78 is 26.3. The molecule has 0 heterocycles. The lowest BCUT2D eigenvalue weighted by atomic mass is 10.3. The largest absolute Gasteiger partial charge is 0.354 e. The molecule has 1 aromatic carbocycles.